The molecule has 1 amide bonds. The van der Waals surface area contributed by atoms with E-state index in [0.29, 0.717) is 5.69 Å². The van der Waals surface area contributed by atoms with Crippen LogP contribution in [0, 0.1) is 0 Å². The van der Waals surface area contributed by atoms with Crippen LogP contribution in [0.25, 0.3) is 0 Å². The number of carboxylic acids is 1. The van der Waals surface area contributed by atoms with Crippen LogP contribution in [-0.4, -0.2) is 48.1 Å². The average Bonchev–Trinajstić information content (AvgIpc) is 2.86. The van der Waals surface area contributed by atoms with Crippen molar-refractivity contribution >= 4 is 17.6 Å². The highest BCUT2D eigenvalue weighted by atomic mass is 16.5. The second kappa shape index (κ2) is 7.08. The number of ether oxygens (including phenoxy) is 1. The van der Waals surface area contributed by atoms with Gasteiger partial charge in [0.2, 0.25) is 5.91 Å². The van der Waals surface area contributed by atoms with Gasteiger partial charge in [0.1, 0.15) is 5.75 Å². The van der Waals surface area contributed by atoms with Gasteiger partial charge in [-0.05, 0) is 43.7 Å². The molecule has 1 saturated heterocycles. The van der Waals surface area contributed by atoms with Crippen molar-refractivity contribution in [3.63, 3.8) is 0 Å². The smallest absolute Gasteiger partial charge is 0.304 e. The van der Waals surface area contributed by atoms with Crippen molar-refractivity contribution in [2.24, 2.45) is 0 Å². The number of carboxylic acid groups (broad SMARTS) is 1. The van der Waals surface area contributed by atoms with Gasteiger partial charge in [0.05, 0.1) is 20.1 Å². The number of benzene rings is 1. The molecule has 1 fully saturated rings. The summed E-state index contributed by atoms with van der Waals surface area (Å²) in [6, 6.07) is 7.06. The minimum Gasteiger partial charge on any atom is -0.497 e. The fourth-order valence-electron chi connectivity index (χ4n) is 2.60. The number of likely N-dealkylation sites (tertiary alicyclic amines) is 1. The van der Waals surface area contributed by atoms with Crippen LogP contribution in [0.15, 0.2) is 24.3 Å². The Balaban J connectivity index is 1.87. The van der Waals surface area contributed by atoms with Gasteiger partial charge < -0.3 is 15.2 Å². The van der Waals surface area contributed by atoms with Gasteiger partial charge in [-0.2, -0.15) is 0 Å². The van der Waals surface area contributed by atoms with Crippen LogP contribution in [0.4, 0.5) is 5.69 Å². The van der Waals surface area contributed by atoms with Crippen LogP contribution in [-0.2, 0) is 9.59 Å². The predicted octanol–water partition coefficient (Wildman–Crippen LogP) is 1.57. The Labute approximate surface area is 123 Å². The molecule has 6 heteroatoms. The molecule has 0 saturated carbocycles. The molecule has 0 bridgehead atoms. The number of anilines is 1. The number of carbonyl (C=O) groups is 2. The Bertz CT molecular complexity index is 501. The van der Waals surface area contributed by atoms with Crippen LogP contribution < -0.4 is 10.1 Å². The molecule has 21 heavy (non-hydrogen) atoms. The first kappa shape index (κ1) is 15.3. The highest BCUT2D eigenvalue weighted by Crippen LogP contribution is 2.20. The number of methoxy groups -OCH3 is 1. The van der Waals surface area contributed by atoms with Crippen LogP contribution in [0.1, 0.15) is 19.3 Å². The number of rotatable bonds is 6. The Hall–Kier alpha value is -2.08. The third-order valence-corrected chi connectivity index (χ3v) is 3.63. The first-order chi connectivity index (χ1) is 10.1. The molecule has 0 aromatic heterocycles. The maximum absolute atomic E-state index is 12.0. The monoisotopic (exact) mass is 292 g/mol. The van der Waals surface area contributed by atoms with Gasteiger partial charge in [-0.3, -0.25) is 14.5 Å². The number of aliphatic carboxylic acids is 1. The van der Waals surface area contributed by atoms with Crippen LogP contribution in [0.3, 0.4) is 0 Å². The van der Waals surface area contributed by atoms with E-state index in [4.69, 9.17) is 9.84 Å². The standard InChI is InChI=1S/C15H20N2O4/c1-21-13-6-4-11(5-7-13)16-14(18)10-17-8-2-3-12(17)9-15(19)20/h4-7,12H,2-3,8-10H2,1H3,(H,16,18)(H,19,20). The van der Waals surface area contributed by atoms with Gasteiger partial charge in [-0.25, -0.2) is 0 Å². The number of nitrogens with one attached hydrogen (secondary N) is 1. The summed E-state index contributed by atoms with van der Waals surface area (Å²) in [5.74, 6) is -0.214. The molecule has 0 aliphatic carbocycles. The van der Waals surface area contributed by atoms with Crippen molar-refractivity contribution in [3.8, 4) is 5.75 Å². The number of nitrogens with zero attached hydrogens (tertiary/aromatic N) is 1. The first-order valence-corrected chi connectivity index (χ1v) is 6.98. The summed E-state index contributed by atoms with van der Waals surface area (Å²) < 4.78 is 5.06. The van der Waals surface area contributed by atoms with E-state index in [-0.39, 0.29) is 24.9 Å². The summed E-state index contributed by atoms with van der Waals surface area (Å²) in [5.41, 5.74) is 0.704. The van der Waals surface area contributed by atoms with Crippen LogP contribution >= 0.6 is 0 Å². The molecule has 1 aliphatic rings. The lowest BCUT2D eigenvalue weighted by atomic mass is 10.1. The Morgan fingerprint density at radius 1 is 1.38 bits per heavy atom. The molecule has 1 aromatic carbocycles. The molecule has 0 radical (unpaired) electrons. The van der Waals surface area contributed by atoms with Crippen molar-refractivity contribution < 1.29 is 19.4 Å². The molecule has 1 aromatic rings. The van der Waals surface area contributed by atoms with Gasteiger partial charge in [0, 0.05) is 11.7 Å². The predicted molar refractivity (Wildman–Crippen MR) is 78.5 cm³/mol. The highest BCUT2D eigenvalue weighted by molar-refractivity contribution is 5.92. The summed E-state index contributed by atoms with van der Waals surface area (Å²) >= 11 is 0. The van der Waals surface area contributed by atoms with E-state index in [0.717, 1.165) is 25.1 Å². The molecule has 1 aliphatic heterocycles. The largest absolute Gasteiger partial charge is 0.497 e. The van der Waals surface area contributed by atoms with E-state index in [1.807, 2.05) is 4.90 Å². The zero-order valence-electron chi connectivity index (χ0n) is 12.0. The lowest BCUT2D eigenvalue weighted by molar-refractivity contribution is -0.138. The van der Waals surface area contributed by atoms with Gasteiger partial charge in [0.25, 0.3) is 0 Å². The van der Waals surface area contributed by atoms with E-state index in [1.165, 1.54) is 0 Å². The number of carbonyl (C=O) groups excluding carboxylic acids is 1. The van der Waals surface area contributed by atoms with Gasteiger partial charge in [0.15, 0.2) is 0 Å². The van der Waals surface area contributed by atoms with Crippen molar-refractivity contribution in [3.05, 3.63) is 24.3 Å². The molecule has 114 valence electrons. The average molecular weight is 292 g/mol. The molecular formula is C15H20N2O4. The van der Waals surface area contributed by atoms with Crippen molar-refractivity contribution in [2.45, 2.75) is 25.3 Å². The fourth-order valence-corrected chi connectivity index (χ4v) is 2.60. The van der Waals surface area contributed by atoms with E-state index in [1.54, 1.807) is 31.4 Å². The molecule has 6 nitrogen and oxygen atoms in total. The third-order valence-electron chi connectivity index (χ3n) is 3.63. The molecule has 1 atom stereocenters. The topological polar surface area (TPSA) is 78.9 Å². The molecule has 0 spiro atoms. The molecule has 2 rings (SSSR count). The minimum absolute atomic E-state index is 0.0379. The fraction of sp³-hybridized carbons (Fsp3) is 0.467. The van der Waals surface area contributed by atoms with E-state index in [9.17, 15) is 9.59 Å². The lowest BCUT2D eigenvalue weighted by Gasteiger charge is -2.22. The zero-order chi connectivity index (χ0) is 15.2. The Morgan fingerprint density at radius 3 is 2.71 bits per heavy atom. The molecular weight excluding hydrogens is 272 g/mol. The molecule has 1 unspecified atom stereocenters. The maximum atomic E-state index is 12.0. The lowest BCUT2D eigenvalue weighted by Crippen LogP contribution is -2.37. The number of hydrogen-bond acceptors (Lipinski definition) is 4. The number of hydrogen-bond donors (Lipinski definition) is 2. The van der Waals surface area contributed by atoms with E-state index >= 15 is 0 Å². The van der Waals surface area contributed by atoms with Crippen molar-refractivity contribution in [2.75, 3.05) is 25.5 Å². The first-order valence-electron chi connectivity index (χ1n) is 6.98. The second-order valence-corrected chi connectivity index (χ2v) is 5.14. The van der Waals surface area contributed by atoms with Gasteiger partial charge >= 0.3 is 5.97 Å². The summed E-state index contributed by atoms with van der Waals surface area (Å²) in [4.78, 5) is 24.8. The summed E-state index contributed by atoms with van der Waals surface area (Å²) in [7, 11) is 1.59. The summed E-state index contributed by atoms with van der Waals surface area (Å²) in [6.45, 7) is 0.998. The number of amides is 1. The second-order valence-electron chi connectivity index (χ2n) is 5.14. The molecule has 1 heterocycles. The highest BCUT2D eigenvalue weighted by Gasteiger charge is 2.27. The van der Waals surface area contributed by atoms with Crippen LogP contribution in [0.5, 0.6) is 5.75 Å². The summed E-state index contributed by atoms with van der Waals surface area (Å²) in [6.07, 6.45) is 1.87. The normalized spacial score (nSPS) is 18.4. The van der Waals surface area contributed by atoms with E-state index < -0.39 is 5.97 Å². The van der Waals surface area contributed by atoms with Crippen molar-refractivity contribution in [1.82, 2.24) is 4.90 Å². The Kier molecular flexibility index (Phi) is 5.16. The van der Waals surface area contributed by atoms with Crippen molar-refractivity contribution in [1.29, 1.82) is 0 Å². The summed E-state index contributed by atoms with van der Waals surface area (Å²) in [5, 5.41) is 11.7. The zero-order valence-corrected chi connectivity index (χ0v) is 12.0. The van der Waals surface area contributed by atoms with Gasteiger partial charge in [-0.1, -0.05) is 0 Å². The molecule has 2 N–H and O–H groups in total. The Morgan fingerprint density at radius 2 is 2.10 bits per heavy atom. The van der Waals surface area contributed by atoms with Crippen LogP contribution in [0.2, 0.25) is 0 Å². The maximum Gasteiger partial charge on any atom is 0.304 e. The van der Waals surface area contributed by atoms with E-state index in [2.05, 4.69) is 5.32 Å². The SMILES string of the molecule is COc1ccc(NC(=O)CN2CCCC2CC(=O)O)cc1. The van der Waals surface area contributed by atoms with Gasteiger partial charge in [-0.15, -0.1) is 0 Å². The third kappa shape index (κ3) is 4.46. The minimum atomic E-state index is -0.817. The quantitative estimate of drug-likeness (QED) is 0.832.